The van der Waals surface area contributed by atoms with Crippen LogP contribution in [0.2, 0.25) is 0 Å². The minimum atomic E-state index is -0.536. The van der Waals surface area contributed by atoms with E-state index in [0.29, 0.717) is 23.4 Å². The molecule has 0 radical (unpaired) electrons. The van der Waals surface area contributed by atoms with Crippen molar-refractivity contribution < 1.29 is 19.1 Å². The molecule has 0 aliphatic heterocycles. The predicted octanol–water partition coefficient (Wildman–Crippen LogP) is 2.49. The average molecular weight is 334 g/mol. The zero-order valence-electron chi connectivity index (χ0n) is 15.3. The van der Waals surface area contributed by atoms with E-state index in [-0.39, 0.29) is 17.7 Å². The number of carbonyl (C=O) groups excluding carboxylic acids is 3. The quantitative estimate of drug-likeness (QED) is 0.592. The number of aromatic nitrogens is 1. The lowest BCUT2D eigenvalue weighted by molar-refractivity contribution is -0.130. The van der Waals surface area contributed by atoms with Crippen molar-refractivity contribution >= 4 is 17.7 Å². The Morgan fingerprint density at radius 2 is 1.88 bits per heavy atom. The summed E-state index contributed by atoms with van der Waals surface area (Å²) in [6, 6.07) is -0.374. The van der Waals surface area contributed by atoms with Gasteiger partial charge in [0, 0.05) is 30.8 Å². The number of ether oxygens (including phenoxy) is 1. The van der Waals surface area contributed by atoms with Gasteiger partial charge in [0.1, 0.15) is 5.69 Å². The second-order valence-electron chi connectivity index (χ2n) is 6.37. The minimum absolute atomic E-state index is 0.0863. The lowest BCUT2D eigenvalue weighted by Crippen LogP contribution is -2.43. The largest absolute Gasteiger partial charge is 0.464 e. The first-order valence-corrected chi connectivity index (χ1v) is 8.37. The third kappa shape index (κ3) is 2.97. The zero-order chi connectivity index (χ0) is 18.2. The molecule has 1 fully saturated rings. The van der Waals surface area contributed by atoms with Crippen molar-refractivity contribution in [2.24, 2.45) is 0 Å². The van der Waals surface area contributed by atoms with Gasteiger partial charge in [0.25, 0.3) is 0 Å². The predicted molar refractivity (Wildman–Crippen MR) is 90.3 cm³/mol. The molecule has 6 nitrogen and oxygen atoms in total. The molecule has 1 aliphatic rings. The molecule has 1 aliphatic carbocycles. The van der Waals surface area contributed by atoms with E-state index in [4.69, 9.17) is 4.74 Å². The van der Waals surface area contributed by atoms with Crippen LogP contribution in [0.1, 0.15) is 65.7 Å². The van der Waals surface area contributed by atoms with E-state index < -0.39 is 12.0 Å². The van der Waals surface area contributed by atoms with Crippen LogP contribution >= 0.6 is 0 Å². The second kappa shape index (κ2) is 6.79. The highest BCUT2D eigenvalue weighted by Gasteiger charge is 2.38. The summed E-state index contributed by atoms with van der Waals surface area (Å²) >= 11 is 0. The van der Waals surface area contributed by atoms with Crippen LogP contribution in [0, 0.1) is 13.8 Å². The summed E-state index contributed by atoms with van der Waals surface area (Å²) in [7, 11) is 1.33. The number of esters is 1. The lowest BCUT2D eigenvalue weighted by atomic mass is 9.99. The Balaban J connectivity index is 2.47. The van der Waals surface area contributed by atoms with Crippen LogP contribution < -0.4 is 0 Å². The summed E-state index contributed by atoms with van der Waals surface area (Å²) in [5.74, 6) is -0.656. The smallest absolute Gasteiger partial charge is 0.354 e. The third-order valence-corrected chi connectivity index (χ3v) is 4.81. The van der Waals surface area contributed by atoms with Crippen LogP contribution in [0.3, 0.4) is 0 Å². The van der Waals surface area contributed by atoms with Crippen molar-refractivity contribution in [2.45, 2.75) is 66.1 Å². The summed E-state index contributed by atoms with van der Waals surface area (Å²) in [6.45, 7) is 9.35. The van der Waals surface area contributed by atoms with E-state index >= 15 is 0 Å². The Hall–Kier alpha value is -2.11. The van der Waals surface area contributed by atoms with Gasteiger partial charge >= 0.3 is 5.97 Å². The van der Waals surface area contributed by atoms with Crippen LogP contribution in [-0.2, 0) is 16.1 Å². The van der Waals surface area contributed by atoms with Crippen molar-refractivity contribution in [3.05, 3.63) is 22.5 Å². The molecule has 132 valence electrons. The maximum atomic E-state index is 13.1. The van der Waals surface area contributed by atoms with E-state index in [1.54, 1.807) is 23.3 Å². The third-order valence-electron chi connectivity index (χ3n) is 4.81. The molecule has 6 heteroatoms. The molecule has 24 heavy (non-hydrogen) atoms. The molecule has 0 N–H and O–H groups in total. The van der Waals surface area contributed by atoms with Crippen LogP contribution in [0.15, 0.2) is 0 Å². The number of ketones is 1. The Kier molecular flexibility index (Phi) is 5.16. The van der Waals surface area contributed by atoms with Crippen LogP contribution in [-0.4, -0.2) is 46.3 Å². The maximum absolute atomic E-state index is 13.1. The van der Waals surface area contributed by atoms with Gasteiger partial charge in [-0.2, -0.15) is 0 Å². The van der Waals surface area contributed by atoms with Gasteiger partial charge in [-0.05, 0) is 46.1 Å². The fourth-order valence-electron chi connectivity index (χ4n) is 3.55. The number of hydrogen-bond acceptors (Lipinski definition) is 4. The molecule has 0 aromatic carbocycles. The maximum Gasteiger partial charge on any atom is 0.354 e. The highest BCUT2D eigenvalue weighted by atomic mass is 16.5. The molecule has 0 spiro atoms. The molecule has 1 heterocycles. The fourth-order valence-corrected chi connectivity index (χ4v) is 3.55. The molecule has 1 unspecified atom stereocenters. The topological polar surface area (TPSA) is 68.6 Å². The number of methoxy groups -OCH3 is 1. The summed E-state index contributed by atoms with van der Waals surface area (Å²) in [6.07, 6.45) is 1.89. The first kappa shape index (κ1) is 18.2. The normalized spacial score (nSPS) is 15.1. The van der Waals surface area contributed by atoms with E-state index in [0.717, 1.165) is 18.5 Å². The molecule has 1 aromatic heterocycles. The van der Waals surface area contributed by atoms with Gasteiger partial charge in [0.05, 0.1) is 13.2 Å². The lowest BCUT2D eigenvalue weighted by Gasteiger charge is -2.27. The first-order chi connectivity index (χ1) is 11.3. The second-order valence-corrected chi connectivity index (χ2v) is 6.37. The molecule has 0 bridgehead atoms. The summed E-state index contributed by atoms with van der Waals surface area (Å²) in [4.78, 5) is 38.8. The highest BCUT2D eigenvalue weighted by molar-refractivity contribution is 6.06. The number of amides is 1. The number of Topliss-reactive ketones (excluding diaryl/α,β-unsaturated/α-hetero) is 1. The fraction of sp³-hybridized carbons (Fsp3) is 0.611. The van der Waals surface area contributed by atoms with Gasteiger partial charge in [-0.25, -0.2) is 4.79 Å². The van der Waals surface area contributed by atoms with Crippen LogP contribution in [0.4, 0.5) is 0 Å². The van der Waals surface area contributed by atoms with Crippen LogP contribution in [0.25, 0.3) is 0 Å². The van der Waals surface area contributed by atoms with Gasteiger partial charge in [0.15, 0.2) is 5.78 Å². The van der Waals surface area contributed by atoms with E-state index in [2.05, 4.69) is 0 Å². The Morgan fingerprint density at radius 3 is 2.29 bits per heavy atom. The summed E-state index contributed by atoms with van der Waals surface area (Å²) < 4.78 is 6.67. The van der Waals surface area contributed by atoms with Gasteiger partial charge in [0.2, 0.25) is 5.91 Å². The molecule has 1 atom stereocenters. The monoisotopic (exact) mass is 334 g/mol. The van der Waals surface area contributed by atoms with E-state index in [9.17, 15) is 14.4 Å². The zero-order valence-corrected chi connectivity index (χ0v) is 15.3. The number of hydrogen-bond donors (Lipinski definition) is 0. The van der Waals surface area contributed by atoms with Crippen molar-refractivity contribution in [3.63, 3.8) is 0 Å². The molecular weight excluding hydrogens is 308 g/mol. The molecule has 1 aromatic rings. The SMILES string of the molecule is CCn1c(C)c(C(=O)C(C)N(C(C)=O)C2CC2)c(C)c1C(=O)OC. The van der Waals surface area contributed by atoms with Crippen molar-refractivity contribution in [2.75, 3.05) is 7.11 Å². The molecule has 0 saturated heterocycles. The molecule has 1 amide bonds. The summed E-state index contributed by atoms with van der Waals surface area (Å²) in [5.41, 5.74) is 2.30. The number of rotatable bonds is 6. The Morgan fingerprint density at radius 1 is 1.29 bits per heavy atom. The highest BCUT2D eigenvalue weighted by Crippen LogP contribution is 2.31. The van der Waals surface area contributed by atoms with Gasteiger partial charge in [-0.15, -0.1) is 0 Å². The van der Waals surface area contributed by atoms with Gasteiger partial charge < -0.3 is 14.2 Å². The Labute approximate surface area is 142 Å². The van der Waals surface area contributed by atoms with E-state index in [1.807, 2.05) is 13.8 Å². The minimum Gasteiger partial charge on any atom is -0.464 e. The van der Waals surface area contributed by atoms with Crippen molar-refractivity contribution in [1.29, 1.82) is 0 Å². The molecule has 1 saturated carbocycles. The van der Waals surface area contributed by atoms with Crippen molar-refractivity contribution in [3.8, 4) is 0 Å². The number of nitrogens with zero attached hydrogens (tertiary/aromatic N) is 2. The van der Waals surface area contributed by atoms with Gasteiger partial charge in [-0.3, -0.25) is 9.59 Å². The first-order valence-electron chi connectivity index (χ1n) is 8.37. The average Bonchev–Trinajstić information content (AvgIpc) is 3.31. The van der Waals surface area contributed by atoms with Gasteiger partial charge in [-0.1, -0.05) is 0 Å². The Bertz CT molecular complexity index is 686. The van der Waals surface area contributed by atoms with Crippen molar-refractivity contribution in [1.82, 2.24) is 9.47 Å². The van der Waals surface area contributed by atoms with E-state index in [1.165, 1.54) is 14.0 Å². The number of carbonyl (C=O) groups is 3. The van der Waals surface area contributed by atoms with Crippen LogP contribution in [0.5, 0.6) is 0 Å². The standard InChI is InChI=1S/C18H26N2O4/c1-7-19-11(3)15(10(2)16(19)18(23)24-6)17(22)12(4)20(13(5)21)14-8-9-14/h12,14H,7-9H2,1-6H3. The molecule has 2 rings (SSSR count). The molecular formula is C18H26N2O4. The summed E-state index contributed by atoms with van der Waals surface area (Å²) in [5, 5.41) is 0.